The van der Waals surface area contributed by atoms with Crippen molar-refractivity contribution in [3.05, 3.63) is 29.8 Å². The van der Waals surface area contributed by atoms with E-state index in [-0.39, 0.29) is 12.4 Å². The molecule has 102 valence electrons. The standard InChI is InChI=1S/C12H13NO5S/c1-17-12(14)9-19(15,16)7-6-18-11-5-3-2-4-10(11)8-13/h2-5H,6-7,9H2,1H3. The number of methoxy groups -OCH3 is 1. The number of rotatable bonds is 6. The average Bonchev–Trinajstić information content (AvgIpc) is 2.38. The number of para-hydroxylation sites is 1. The summed E-state index contributed by atoms with van der Waals surface area (Å²) in [6.07, 6.45) is 0. The summed E-state index contributed by atoms with van der Waals surface area (Å²) in [4.78, 5) is 10.9. The molecule has 0 radical (unpaired) electrons. The van der Waals surface area contributed by atoms with Crippen LogP contribution in [0.25, 0.3) is 0 Å². The van der Waals surface area contributed by atoms with Crippen LogP contribution in [-0.2, 0) is 19.4 Å². The molecule has 0 saturated heterocycles. The first kappa shape index (κ1) is 15.0. The van der Waals surface area contributed by atoms with Gasteiger partial charge in [0.2, 0.25) is 0 Å². The molecule has 1 aromatic rings. The van der Waals surface area contributed by atoms with Gasteiger partial charge in [-0.05, 0) is 12.1 Å². The average molecular weight is 283 g/mol. The van der Waals surface area contributed by atoms with E-state index in [0.717, 1.165) is 7.11 Å². The van der Waals surface area contributed by atoms with Gasteiger partial charge in [0.05, 0.1) is 18.4 Å². The highest BCUT2D eigenvalue weighted by Gasteiger charge is 2.17. The SMILES string of the molecule is COC(=O)CS(=O)(=O)CCOc1ccccc1C#N. The topological polar surface area (TPSA) is 93.5 Å². The monoisotopic (exact) mass is 283 g/mol. The first-order valence-corrected chi connectivity index (χ1v) is 7.20. The summed E-state index contributed by atoms with van der Waals surface area (Å²) in [6, 6.07) is 8.44. The fourth-order valence-corrected chi connectivity index (χ4v) is 2.23. The number of hydrogen-bond donors (Lipinski definition) is 0. The second-order valence-corrected chi connectivity index (χ2v) is 5.81. The number of sulfone groups is 1. The Kier molecular flexibility index (Phi) is 5.33. The molecular formula is C12H13NO5S. The fourth-order valence-electron chi connectivity index (χ4n) is 1.27. The molecule has 0 aliphatic carbocycles. The number of carbonyl (C=O) groups excluding carboxylic acids is 1. The van der Waals surface area contributed by atoms with Crippen molar-refractivity contribution < 1.29 is 22.7 Å². The second-order valence-electron chi connectivity index (χ2n) is 3.62. The molecule has 7 heteroatoms. The largest absolute Gasteiger partial charge is 0.491 e. The molecule has 1 rings (SSSR count). The molecule has 0 unspecified atom stereocenters. The fraction of sp³-hybridized carbons (Fsp3) is 0.333. The number of esters is 1. The van der Waals surface area contributed by atoms with Gasteiger partial charge in [-0.25, -0.2) is 8.42 Å². The summed E-state index contributed by atoms with van der Waals surface area (Å²) >= 11 is 0. The third-order valence-electron chi connectivity index (χ3n) is 2.22. The molecule has 0 aliphatic rings. The normalized spacial score (nSPS) is 10.5. The van der Waals surface area contributed by atoms with E-state index < -0.39 is 21.6 Å². The van der Waals surface area contributed by atoms with Crippen LogP contribution < -0.4 is 4.74 Å². The van der Waals surface area contributed by atoms with Crippen molar-refractivity contribution in [2.75, 3.05) is 25.2 Å². The Morgan fingerprint density at radius 2 is 2.05 bits per heavy atom. The van der Waals surface area contributed by atoms with E-state index in [9.17, 15) is 13.2 Å². The molecule has 0 amide bonds. The summed E-state index contributed by atoms with van der Waals surface area (Å²) in [7, 11) is -2.44. The minimum absolute atomic E-state index is 0.127. The molecular weight excluding hydrogens is 270 g/mol. The van der Waals surface area contributed by atoms with E-state index in [1.807, 2.05) is 6.07 Å². The lowest BCUT2D eigenvalue weighted by molar-refractivity contribution is -0.137. The van der Waals surface area contributed by atoms with Gasteiger partial charge in [-0.3, -0.25) is 4.79 Å². The number of benzene rings is 1. The summed E-state index contributed by atoms with van der Waals surface area (Å²) in [6.45, 7) is -0.127. The summed E-state index contributed by atoms with van der Waals surface area (Å²) in [5.41, 5.74) is 0.327. The van der Waals surface area contributed by atoms with Crippen molar-refractivity contribution in [2.45, 2.75) is 0 Å². The first-order valence-electron chi connectivity index (χ1n) is 5.37. The Morgan fingerprint density at radius 3 is 2.68 bits per heavy atom. The van der Waals surface area contributed by atoms with E-state index in [2.05, 4.69) is 4.74 Å². The summed E-state index contributed by atoms with van der Waals surface area (Å²) in [5.74, 6) is -1.48. The summed E-state index contributed by atoms with van der Waals surface area (Å²) in [5, 5.41) is 8.82. The van der Waals surface area contributed by atoms with Gasteiger partial charge in [0.15, 0.2) is 9.84 Å². The van der Waals surface area contributed by atoms with Crippen LogP contribution in [-0.4, -0.2) is 39.6 Å². The first-order chi connectivity index (χ1) is 8.98. The molecule has 0 atom stereocenters. The highest BCUT2D eigenvalue weighted by molar-refractivity contribution is 7.92. The lowest BCUT2D eigenvalue weighted by Gasteiger charge is -2.07. The predicted molar refractivity (Wildman–Crippen MR) is 67.3 cm³/mol. The maximum atomic E-state index is 11.5. The Hall–Kier alpha value is -2.07. The zero-order valence-electron chi connectivity index (χ0n) is 10.3. The molecule has 6 nitrogen and oxygen atoms in total. The van der Waals surface area contributed by atoms with Gasteiger partial charge in [-0.1, -0.05) is 12.1 Å². The van der Waals surface area contributed by atoms with Crippen molar-refractivity contribution in [3.63, 3.8) is 0 Å². The van der Waals surface area contributed by atoms with Crippen molar-refractivity contribution in [2.24, 2.45) is 0 Å². The molecule has 0 bridgehead atoms. The van der Waals surface area contributed by atoms with Crippen LogP contribution in [0.5, 0.6) is 5.75 Å². The Labute approximate surface area is 111 Å². The Balaban J connectivity index is 2.55. The number of ether oxygens (including phenoxy) is 2. The Bertz CT molecular complexity index is 588. The van der Waals surface area contributed by atoms with E-state index in [1.165, 1.54) is 0 Å². The van der Waals surface area contributed by atoms with Crippen LogP contribution in [0.2, 0.25) is 0 Å². The molecule has 1 aromatic carbocycles. The third kappa shape index (κ3) is 4.97. The van der Waals surface area contributed by atoms with Crippen molar-refractivity contribution in [3.8, 4) is 11.8 Å². The number of nitriles is 1. The lowest BCUT2D eigenvalue weighted by Crippen LogP contribution is -2.23. The maximum Gasteiger partial charge on any atom is 0.320 e. The molecule has 0 aromatic heterocycles. The van der Waals surface area contributed by atoms with E-state index in [0.29, 0.717) is 11.3 Å². The number of nitrogens with zero attached hydrogens (tertiary/aromatic N) is 1. The van der Waals surface area contributed by atoms with Gasteiger partial charge in [0.25, 0.3) is 0 Å². The minimum Gasteiger partial charge on any atom is -0.491 e. The van der Waals surface area contributed by atoms with Gasteiger partial charge >= 0.3 is 5.97 Å². The van der Waals surface area contributed by atoms with Gasteiger partial charge < -0.3 is 9.47 Å². The van der Waals surface area contributed by atoms with Crippen LogP contribution in [0.1, 0.15) is 5.56 Å². The molecule has 0 fully saturated rings. The molecule has 0 saturated carbocycles. The highest BCUT2D eigenvalue weighted by atomic mass is 32.2. The third-order valence-corrected chi connectivity index (χ3v) is 3.69. The second kappa shape index (κ2) is 6.75. The van der Waals surface area contributed by atoms with Gasteiger partial charge in [0, 0.05) is 0 Å². The molecule has 0 aliphatic heterocycles. The molecule has 19 heavy (non-hydrogen) atoms. The minimum atomic E-state index is -3.57. The van der Waals surface area contributed by atoms with E-state index in [4.69, 9.17) is 10.00 Å². The number of carbonyl (C=O) groups is 1. The van der Waals surface area contributed by atoms with E-state index >= 15 is 0 Å². The predicted octanol–water partition coefficient (Wildman–Crippen LogP) is 0.525. The van der Waals surface area contributed by atoms with Crippen LogP contribution in [0, 0.1) is 11.3 Å². The van der Waals surface area contributed by atoms with Gasteiger partial charge in [-0.2, -0.15) is 5.26 Å². The quantitative estimate of drug-likeness (QED) is 0.707. The van der Waals surface area contributed by atoms with Gasteiger partial charge in [0.1, 0.15) is 24.2 Å². The van der Waals surface area contributed by atoms with Crippen molar-refractivity contribution in [1.29, 1.82) is 5.26 Å². The van der Waals surface area contributed by atoms with E-state index in [1.54, 1.807) is 24.3 Å². The molecule has 0 N–H and O–H groups in total. The maximum absolute atomic E-state index is 11.5. The Morgan fingerprint density at radius 1 is 1.37 bits per heavy atom. The molecule has 0 heterocycles. The van der Waals surface area contributed by atoms with Crippen molar-refractivity contribution in [1.82, 2.24) is 0 Å². The molecule has 0 spiro atoms. The number of hydrogen-bond acceptors (Lipinski definition) is 6. The zero-order valence-corrected chi connectivity index (χ0v) is 11.1. The highest BCUT2D eigenvalue weighted by Crippen LogP contribution is 2.16. The van der Waals surface area contributed by atoms with Crippen LogP contribution in [0.15, 0.2) is 24.3 Å². The van der Waals surface area contributed by atoms with Crippen molar-refractivity contribution >= 4 is 15.8 Å². The van der Waals surface area contributed by atoms with Crippen LogP contribution in [0.3, 0.4) is 0 Å². The van der Waals surface area contributed by atoms with Crippen LogP contribution >= 0.6 is 0 Å². The zero-order chi connectivity index (χ0) is 14.3. The smallest absolute Gasteiger partial charge is 0.320 e. The summed E-state index contributed by atoms with van der Waals surface area (Å²) < 4.78 is 32.5. The lowest BCUT2D eigenvalue weighted by atomic mass is 10.2. The van der Waals surface area contributed by atoms with Gasteiger partial charge in [-0.15, -0.1) is 0 Å². The van der Waals surface area contributed by atoms with Crippen LogP contribution in [0.4, 0.5) is 0 Å².